The highest BCUT2D eigenvalue weighted by Crippen LogP contribution is 2.22. The first-order valence-electron chi connectivity index (χ1n) is 5.48. The van der Waals surface area contributed by atoms with E-state index in [1.54, 1.807) is 0 Å². The third-order valence-electron chi connectivity index (χ3n) is 2.92. The lowest BCUT2D eigenvalue weighted by atomic mass is 9.88. The summed E-state index contributed by atoms with van der Waals surface area (Å²) in [5.41, 5.74) is 0. The molecule has 104 valence electrons. The van der Waals surface area contributed by atoms with Gasteiger partial charge in [0.05, 0.1) is 0 Å². The highest BCUT2D eigenvalue weighted by Gasteiger charge is 2.38. The molecule has 1 aliphatic heterocycles. The van der Waals surface area contributed by atoms with Crippen LogP contribution in [0.15, 0.2) is 0 Å². The molecule has 8 heteroatoms. The standard InChI is InChI=1S/C10H15F3N2O3/c1-6(7-2-14-3-7)9(18)15(4-8(16)17)5-10(11,12)13/h6-7,14H,2-5H2,1H3,(H,16,17). The van der Waals surface area contributed by atoms with Crippen LogP contribution in [0.1, 0.15) is 6.92 Å². The lowest BCUT2D eigenvalue weighted by Crippen LogP contribution is -2.52. The Morgan fingerprint density at radius 1 is 1.44 bits per heavy atom. The minimum Gasteiger partial charge on any atom is -0.480 e. The van der Waals surface area contributed by atoms with Crippen molar-refractivity contribution in [2.24, 2.45) is 11.8 Å². The van der Waals surface area contributed by atoms with Gasteiger partial charge < -0.3 is 15.3 Å². The second-order valence-electron chi connectivity index (χ2n) is 4.41. The van der Waals surface area contributed by atoms with E-state index in [1.165, 1.54) is 6.92 Å². The van der Waals surface area contributed by atoms with Gasteiger partial charge in [0.25, 0.3) is 0 Å². The molecule has 1 rings (SSSR count). The van der Waals surface area contributed by atoms with Gasteiger partial charge in [-0.15, -0.1) is 0 Å². The van der Waals surface area contributed by atoms with E-state index in [2.05, 4.69) is 5.32 Å². The Labute approximate surface area is 102 Å². The molecule has 0 aromatic carbocycles. The van der Waals surface area contributed by atoms with Crippen molar-refractivity contribution in [1.29, 1.82) is 0 Å². The highest BCUT2D eigenvalue weighted by molar-refractivity contribution is 5.83. The van der Waals surface area contributed by atoms with Crippen molar-refractivity contribution in [1.82, 2.24) is 10.2 Å². The van der Waals surface area contributed by atoms with Gasteiger partial charge in [-0.1, -0.05) is 6.92 Å². The Balaban J connectivity index is 2.68. The van der Waals surface area contributed by atoms with Gasteiger partial charge in [-0.2, -0.15) is 13.2 Å². The average molecular weight is 268 g/mol. The quantitative estimate of drug-likeness (QED) is 0.753. The molecule has 2 N–H and O–H groups in total. The number of halogens is 3. The topological polar surface area (TPSA) is 69.6 Å². The molecule has 18 heavy (non-hydrogen) atoms. The number of amides is 1. The molecule has 5 nitrogen and oxygen atoms in total. The molecule has 1 atom stereocenters. The van der Waals surface area contributed by atoms with Crippen molar-refractivity contribution in [3.8, 4) is 0 Å². The van der Waals surface area contributed by atoms with Crippen LogP contribution in [0, 0.1) is 11.8 Å². The zero-order chi connectivity index (χ0) is 13.9. The number of hydrogen-bond donors (Lipinski definition) is 2. The summed E-state index contributed by atoms with van der Waals surface area (Å²) in [4.78, 5) is 22.7. The van der Waals surface area contributed by atoms with Gasteiger partial charge in [0.2, 0.25) is 5.91 Å². The summed E-state index contributed by atoms with van der Waals surface area (Å²) in [6.07, 6.45) is -4.59. The lowest BCUT2D eigenvalue weighted by Gasteiger charge is -2.34. The number of nitrogens with one attached hydrogen (secondary N) is 1. The van der Waals surface area contributed by atoms with Gasteiger partial charge in [-0.05, 0) is 19.0 Å². The number of carbonyl (C=O) groups is 2. The van der Waals surface area contributed by atoms with Crippen LogP contribution in [0.4, 0.5) is 13.2 Å². The molecule has 1 unspecified atom stereocenters. The number of carbonyl (C=O) groups excluding carboxylic acids is 1. The average Bonchev–Trinajstić information content (AvgIpc) is 2.09. The SMILES string of the molecule is CC(C(=O)N(CC(=O)O)CC(F)(F)F)C1CNC1. The van der Waals surface area contributed by atoms with Crippen molar-refractivity contribution in [3.63, 3.8) is 0 Å². The molecule has 0 radical (unpaired) electrons. The number of aliphatic carboxylic acids is 1. The second kappa shape index (κ2) is 5.55. The molecule has 0 bridgehead atoms. The minimum absolute atomic E-state index is 0.0259. The maximum absolute atomic E-state index is 12.3. The first-order chi connectivity index (χ1) is 8.20. The van der Waals surface area contributed by atoms with Crippen LogP contribution >= 0.6 is 0 Å². The molecule has 1 aliphatic rings. The minimum atomic E-state index is -4.59. The van der Waals surface area contributed by atoms with Crippen LogP contribution in [0.2, 0.25) is 0 Å². The Morgan fingerprint density at radius 2 is 2.00 bits per heavy atom. The summed E-state index contributed by atoms with van der Waals surface area (Å²) < 4.78 is 36.8. The number of rotatable bonds is 5. The van der Waals surface area contributed by atoms with E-state index < -0.39 is 37.1 Å². The third-order valence-corrected chi connectivity index (χ3v) is 2.92. The van der Waals surface area contributed by atoms with Crippen molar-refractivity contribution in [3.05, 3.63) is 0 Å². The lowest BCUT2D eigenvalue weighted by molar-refractivity contribution is -0.168. The Hall–Kier alpha value is -1.31. The first kappa shape index (κ1) is 14.7. The highest BCUT2D eigenvalue weighted by atomic mass is 19.4. The fourth-order valence-electron chi connectivity index (χ4n) is 1.75. The van der Waals surface area contributed by atoms with Crippen LogP contribution in [0.25, 0.3) is 0 Å². The number of carboxylic acid groups (broad SMARTS) is 1. The summed E-state index contributed by atoms with van der Waals surface area (Å²) in [6.45, 7) is 0.212. The molecule has 0 aromatic heterocycles. The maximum atomic E-state index is 12.3. The van der Waals surface area contributed by atoms with E-state index >= 15 is 0 Å². The van der Waals surface area contributed by atoms with Gasteiger partial charge in [0.15, 0.2) is 0 Å². The Morgan fingerprint density at radius 3 is 2.33 bits per heavy atom. The Kier molecular flexibility index (Phi) is 4.55. The zero-order valence-electron chi connectivity index (χ0n) is 9.83. The van der Waals surface area contributed by atoms with Crippen LogP contribution in [0.5, 0.6) is 0 Å². The fourth-order valence-corrected chi connectivity index (χ4v) is 1.75. The van der Waals surface area contributed by atoms with Gasteiger partial charge in [0.1, 0.15) is 13.1 Å². The molecule has 1 amide bonds. The largest absolute Gasteiger partial charge is 0.480 e. The molecule has 0 aromatic rings. The van der Waals surface area contributed by atoms with Crippen molar-refractivity contribution < 1.29 is 27.9 Å². The van der Waals surface area contributed by atoms with E-state index in [4.69, 9.17) is 5.11 Å². The Bertz CT molecular complexity index is 329. The van der Waals surface area contributed by atoms with Gasteiger partial charge in [-0.25, -0.2) is 0 Å². The normalized spacial score (nSPS) is 18.0. The summed E-state index contributed by atoms with van der Waals surface area (Å²) in [5.74, 6) is -2.84. The summed E-state index contributed by atoms with van der Waals surface area (Å²) >= 11 is 0. The number of alkyl halides is 3. The molecule has 1 saturated heterocycles. The van der Waals surface area contributed by atoms with Crippen molar-refractivity contribution in [2.75, 3.05) is 26.2 Å². The molecule has 1 heterocycles. The number of carboxylic acids is 1. The molecular weight excluding hydrogens is 253 g/mol. The smallest absolute Gasteiger partial charge is 0.406 e. The van der Waals surface area contributed by atoms with Crippen LogP contribution in [0.3, 0.4) is 0 Å². The van der Waals surface area contributed by atoms with Gasteiger partial charge in [-0.3, -0.25) is 9.59 Å². The fraction of sp³-hybridized carbons (Fsp3) is 0.800. The predicted octanol–water partition coefficient (Wildman–Crippen LogP) is 0.317. The molecule has 0 spiro atoms. The zero-order valence-corrected chi connectivity index (χ0v) is 9.83. The van der Waals surface area contributed by atoms with E-state index in [0.29, 0.717) is 18.0 Å². The van der Waals surface area contributed by atoms with Gasteiger partial charge >= 0.3 is 12.1 Å². The monoisotopic (exact) mass is 268 g/mol. The van der Waals surface area contributed by atoms with E-state index in [1.807, 2.05) is 0 Å². The van der Waals surface area contributed by atoms with Crippen LogP contribution < -0.4 is 5.32 Å². The van der Waals surface area contributed by atoms with Crippen LogP contribution in [-0.2, 0) is 9.59 Å². The molecule has 1 fully saturated rings. The first-order valence-corrected chi connectivity index (χ1v) is 5.48. The summed E-state index contributed by atoms with van der Waals surface area (Å²) in [6, 6.07) is 0. The molecule has 0 saturated carbocycles. The third kappa shape index (κ3) is 4.17. The van der Waals surface area contributed by atoms with Crippen molar-refractivity contribution >= 4 is 11.9 Å². The summed E-state index contributed by atoms with van der Waals surface area (Å²) in [7, 11) is 0. The molecular formula is C10H15F3N2O3. The second-order valence-corrected chi connectivity index (χ2v) is 4.41. The maximum Gasteiger partial charge on any atom is 0.406 e. The number of nitrogens with zero attached hydrogens (tertiary/aromatic N) is 1. The van der Waals surface area contributed by atoms with E-state index in [9.17, 15) is 22.8 Å². The van der Waals surface area contributed by atoms with E-state index in [0.717, 1.165) is 0 Å². The van der Waals surface area contributed by atoms with Gasteiger partial charge in [0, 0.05) is 5.92 Å². The van der Waals surface area contributed by atoms with E-state index in [-0.39, 0.29) is 5.92 Å². The predicted molar refractivity (Wildman–Crippen MR) is 55.8 cm³/mol. The van der Waals surface area contributed by atoms with Crippen molar-refractivity contribution in [2.45, 2.75) is 13.1 Å². The molecule has 0 aliphatic carbocycles. The number of hydrogen-bond acceptors (Lipinski definition) is 3. The summed E-state index contributed by atoms with van der Waals surface area (Å²) in [5, 5.41) is 11.5. The van der Waals surface area contributed by atoms with Crippen LogP contribution in [-0.4, -0.2) is 54.2 Å².